The molecule has 0 N–H and O–H groups in total. The van der Waals surface area contributed by atoms with E-state index >= 15 is 0 Å². The maximum atomic E-state index is 12.4. The highest BCUT2D eigenvalue weighted by molar-refractivity contribution is 5.12. The Hall–Kier alpha value is -1.40. The average molecular weight is 349 g/mol. The van der Waals surface area contributed by atoms with Gasteiger partial charge in [-0.3, -0.25) is 14.3 Å². The predicted octanol–water partition coefficient (Wildman–Crippen LogP) is 1.64. The molecule has 0 unspecified atom stereocenters. The highest BCUT2D eigenvalue weighted by Crippen LogP contribution is 2.55. The van der Waals surface area contributed by atoms with Gasteiger partial charge in [0.2, 0.25) is 0 Å². The first-order chi connectivity index (χ1) is 11.9. The van der Waals surface area contributed by atoms with Gasteiger partial charge < -0.3 is 9.30 Å². The summed E-state index contributed by atoms with van der Waals surface area (Å²) in [6.07, 6.45) is 9.39. The fourth-order valence-corrected chi connectivity index (χ4v) is 5.02. The minimum absolute atomic E-state index is 0.187. The second-order valence-corrected chi connectivity index (χ2v) is 7.82. The van der Waals surface area contributed by atoms with E-state index in [-0.39, 0.29) is 16.7 Å². The molecule has 140 valence electrons. The molecule has 0 amide bonds. The minimum atomic E-state index is -0.278. The molecule has 6 nitrogen and oxygen atoms in total. The van der Waals surface area contributed by atoms with E-state index in [1.807, 2.05) is 0 Å². The van der Waals surface area contributed by atoms with Crippen molar-refractivity contribution in [3.8, 4) is 0 Å². The summed E-state index contributed by atoms with van der Waals surface area (Å²) in [6, 6.07) is 0.450. The molecular weight excluding hydrogens is 318 g/mol. The Morgan fingerprint density at radius 2 is 1.92 bits per heavy atom. The van der Waals surface area contributed by atoms with Gasteiger partial charge in [-0.1, -0.05) is 19.3 Å². The summed E-state index contributed by atoms with van der Waals surface area (Å²) in [5, 5.41) is 0. The standard InChI is InChI=1S/C19H31N3O3/c1-5-25-16-11-15(19(16)9-7-6-8-10-19)20(2)12-14-13-21(3)18(24)22(4)17(14)23/h13,15-16H,5-12H2,1-4H3/t15-,16+/m1/s1. The lowest BCUT2D eigenvalue weighted by Gasteiger charge is -2.60. The third-order valence-corrected chi connectivity index (χ3v) is 6.36. The number of ether oxygens (including phenoxy) is 1. The Labute approximate surface area is 149 Å². The molecule has 6 heteroatoms. The molecule has 0 radical (unpaired) electrons. The zero-order chi connectivity index (χ0) is 18.2. The number of nitrogens with zero attached hydrogens (tertiary/aromatic N) is 3. The van der Waals surface area contributed by atoms with Gasteiger partial charge in [0.25, 0.3) is 5.56 Å². The molecule has 2 fully saturated rings. The summed E-state index contributed by atoms with van der Waals surface area (Å²) < 4.78 is 8.73. The monoisotopic (exact) mass is 349 g/mol. The Bertz CT molecular complexity index is 730. The van der Waals surface area contributed by atoms with Crippen LogP contribution >= 0.6 is 0 Å². The minimum Gasteiger partial charge on any atom is -0.378 e. The van der Waals surface area contributed by atoms with Crippen molar-refractivity contribution in [1.29, 1.82) is 0 Å². The lowest BCUT2D eigenvalue weighted by molar-refractivity contribution is -0.180. The normalized spacial score (nSPS) is 25.3. The lowest BCUT2D eigenvalue weighted by Crippen LogP contribution is -2.64. The van der Waals surface area contributed by atoms with Crippen molar-refractivity contribution in [3.05, 3.63) is 32.6 Å². The molecular formula is C19H31N3O3. The molecule has 1 aromatic rings. The highest BCUT2D eigenvalue weighted by Gasteiger charge is 2.56. The van der Waals surface area contributed by atoms with Crippen LogP contribution < -0.4 is 11.2 Å². The van der Waals surface area contributed by atoms with Gasteiger partial charge in [-0.05, 0) is 33.2 Å². The number of hydrogen-bond acceptors (Lipinski definition) is 4. The zero-order valence-electron chi connectivity index (χ0n) is 16.0. The van der Waals surface area contributed by atoms with E-state index in [2.05, 4.69) is 18.9 Å². The van der Waals surface area contributed by atoms with Crippen LogP contribution in [0, 0.1) is 5.41 Å². The molecule has 3 rings (SSSR count). The molecule has 2 atom stereocenters. The molecule has 0 aliphatic heterocycles. The highest BCUT2D eigenvalue weighted by atomic mass is 16.5. The van der Waals surface area contributed by atoms with E-state index in [1.165, 1.54) is 41.2 Å². The second-order valence-electron chi connectivity index (χ2n) is 7.82. The van der Waals surface area contributed by atoms with Gasteiger partial charge in [0, 0.05) is 50.5 Å². The Morgan fingerprint density at radius 3 is 2.56 bits per heavy atom. The third-order valence-electron chi connectivity index (χ3n) is 6.36. The van der Waals surface area contributed by atoms with E-state index < -0.39 is 0 Å². The summed E-state index contributed by atoms with van der Waals surface area (Å²) >= 11 is 0. The molecule has 1 heterocycles. The molecule has 2 aliphatic carbocycles. The van der Waals surface area contributed by atoms with E-state index in [0.29, 0.717) is 24.3 Å². The zero-order valence-corrected chi connectivity index (χ0v) is 16.0. The van der Waals surface area contributed by atoms with Crippen molar-refractivity contribution < 1.29 is 4.74 Å². The van der Waals surface area contributed by atoms with Crippen LogP contribution in [0.15, 0.2) is 15.8 Å². The predicted molar refractivity (Wildman–Crippen MR) is 97.7 cm³/mol. The van der Waals surface area contributed by atoms with Crippen LogP contribution in [-0.4, -0.2) is 39.8 Å². The van der Waals surface area contributed by atoms with Crippen molar-refractivity contribution in [3.63, 3.8) is 0 Å². The first kappa shape index (κ1) is 18.4. The van der Waals surface area contributed by atoms with Crippen molar-refractivity contribution in [2.45, 2.75) is 64.1 Å². The molecule has 0 saturated heterocycles. The van der Waals surface area contributed by atoms with Gasteiger partial charge in [0.15, 0.2) is 0 Å². The van der Waals surface area contributed by atoms with Crippen LogP contribution in [-0.2, 0) is 25.4 Å². The van der Waals surface area contributed by atoms with E-state index in [1.54, 1.807) is 20.3 Å². The van der Waals surface area contributed by atoms with E-state index in [9.17, 15) is 9.59 Å². The molecule has 1 aromatic heterocycles. The lowest BCUT2D eigenvalue weighted by atomic mass is 9.54. The van der Waals surface area contributed by atoms with Gasteiger partial charge in [-0.2, -0.15) is 0 Å². The molecule has 0 aromatic carbocycles. The topological polar surface area (TPSA) is 56.5 Å². The first-order valence-corrected chi connectivity index (χ1v) is 9.48. The molecule has 2 aliphatic rings. The van der Waals surface area contributed by atoms with Crippen LogP contribution in [0.2, 0.25) is 0 Å². The van der Waals surface area contributed by atoms with Crippen molar-refractivity contribution in [2.75, 3.05) is 13.7 Å². The van der Waals surface area contributed by atoms with Gasteiger partial charge in [0.05, 0.1) is 6.10 Å². The smallest absolute Gasteiger partial charge is 0.330 e. The molecule has 2 saturated carbocycles. The SMILES string of the molecule is CCO[C@H]1C[C@@H](N(C)Cc2cn(C)c(=O)n(C)c2=O)C12CCCCC2. The van der Waals surface area contributed by atoms with Crippen LogP contribution in [0.4, 0.5) is 0 Å². The quantitative estimate of drug-likeness (QED) is 0.811. The molecule has 0 bridgehead atoms. The second kappa shape index (κ2) is 7.08. The van der Waals surface area contributed by atoms with Crippen LogP contribution in [0.1, 0.15) is 51.0 Å². The van der Waals surface area contributed by atoms with Crippen LogP contribution in [0.5, 0.6) is 0 Å². The van der Waals surface area contributed by atoms with Crippen molar-refractivity contribution in [2.24, 2.45) is 19.5 Å². The summed E-state index contributed by atoms with van der Waals surface area (Å²) in [5.41, 5.74) is 0.459. The van der Waals surface area contributed by atoms with E-state index in [4.69, 9.17) is 4.74 Å². The Morgan fingerprint density at radius 1 is 1.24 bits per heavy atom. The fourth-order valence-electron chi connectivity index (χ4n) is 5.02. The third kappa shape index (κ3) is 3.10. The number of aromatic nitrogens is 2. The largest absolute Gasteiger partial charge is 0.378 e. The first-order valence-electron chi connectivity index (χ1n) is 9.48. The summed E-state index contributed by atoms with van der Waals surface area (Å²) in [7, 11) is 5.35. The van der Waals surface area contributed by atoms with Gasteiger partial charge >= 0.3 is 5.69 Å². The van der Waals surface area contributed by atoms with Crippen LogP contribution in [0.25, 0.3) is 0 Å². The van der Waals surface area contributed by atoms with Gasteiger partial charge in [-0.15, -0.1) is 0 Å². The van der Waals surface area contributed by atoms with Gasteiger partial charge in [0.1, 0.15) is 0 Å². The summed E-state index contributed by atoms with van der Waals surface area (Å²) in [4.78, 5) is 26.6. The molecule has 1 spiro atoms. The Balaban J connectivity index is 1.81. The Kier molecular flexibility index (Phi) is 5.21. The fraction of sp³-hybridized carbons (Fsp3) is 0.789. The van der Waals surface area contributed by atoms with Crippen molar-refractivity contribution in [1.82, 2.24) is 14.0 Å². The number of aryl methyl sites for hydroxylation is 1. The molecule has 25 heavy (non-hydrogen) atoms. The maximum Gasteiger partial charge on any atom is 0.330 e. The van der Waals surface area contributed by atoms with Gasteiger partial charge in [-0.25, -0.2) is 4.79 Å². The van der Waals surface area contributed by atoms with E-state index in [0.717, 1.165) is 13.0 Å². The van der Waals surface area contributed by atoms with Crippen LogP contribution in [0.3, 0.4) is 0 Å². The maximum absolute atomic E-state index is 12.4. The number of hydrogen-bond donors (Lipinski definition) is 0. The summed E-state index contributed by atoms with van der Waals surface area (Å²) in [6.45, 7) is 3.41. The number of rotatable bonds is 5. The summed E-state index contributed by atoms with van der Waals surface area (Å²) in [5.74, 6) is 0. The average Bonchev–Trinajstić information content (AvgIpc) is 2.61. The van der Waals surface area contributed by atoms with Crippen molar-refractivity contribution >= 4 is 0 Å².